The van der Waals surface area contributed by atoms with Crippen molar-refractivity contribution in [3.8, 4) is 0 Å². The molecule has 4 nitrogen and oxygen atoms in total. The molecule has 0 radical (unpaired) electrons. The lowest BCUT2D eigenvalue weighted by atomic mass is 9.87. The van der Waals surface area contributed by atoms with Gasteiger partial charge in [0.1, 0.15) is 12.7 Å². The van der Waals surface area contributed by atoms with E-state index in [1.165, 1.54) is 23.0 Å². The van der Waals surface area contributed by atoms with E-state index < -0.39 is 13.0 Å². The maximum absolute atomic E-state index is 13.3. The summed E-state index contributed by atoms with van der Waals surface area (Å²) in [5.74, 6) is 0. The van der Waals surface area contributed by atoms with E-state index in [1.54, 1.807) is 24.3 Å². The highest BCUT2D eigenvalue weighted by Gasteiger charge is 2.59. The molecule has 0 amide bonds. The second-order valence-electron chi connectivity index (χ2n) is 5.14. The molecule has 0 saturated heterocycles. The quantitative estimate of drug-likeness (QED) is 0.414. The minimum Gasteiger partial charge on any atom is -0.478 e. The maximum Gasteiger partial charge on any atom is 0.641 e. The van der Waals surface area contributed by atoms with Gasteiger partial charge in [0, 0.05) is 0 Å². The molecule has 24 heavy (non-hydrogen) atoms. The van der Waals surface area contributed by atoms with Crippen LogP contribution in [-0.2, 0) is 6.54 Å². The number of rotatable bonds is 4. The van der Waals surface area contributed by atoms with Gasteiger partial charge in [-0.1, -0.05) is 35.1 Å². The van der Waals surface area contributed by atoms with E-state index in [0.29, 0.717) is 4.73 Å². The van der Waals surface area contributed by atoms with Crippen LogP contribution in [0.2, 0.25) is 0 Å². The van der Waals surface area contributed by atoms with Crippen molar-refractivity contribution in [2.45, 2.75) is 12.6 Å². The summed E-state index contributed by atoms with van der Waals surface area (Å²) in [6, 6.07) is 11.8. The molecule has 1 aromatic carbocycles. The van der Waals surface area contributed by atoms with Crippen molar-refractivity contribution in [2.24, 2.45) is 0 Å². The van der Waals surface area contributed by atoms with E-state index in [2.05, 4.69) is 9.74 Å². The minimum absolute atomic E-state index is 0.00662. The third kappa shape index (κ3) is 3.03. The summed E-state index contributed by atoms with van der Waals surface area (Å²) < 4.78 is 69.6. The Morgan fingerprint density at radius 2 is 1.79 bits per heavy atom. The molecule has 0 aliphatic carbocycles. The zero-order chi connectivity index (χ0) is 17.4. The van der Waals surface area contributed by atoms with Gasteiger partial charge >= 0.3 is 18.6 Å². The first-order valence-electron chi connectivity index (χ1n) is 6.94. The monoisotopic (exact) mass is 343 g/mol. The fraction of sp³-hybridized carbons (Fsp3) is 0.143. The van der Waals surface area contributed by atoms with Gasteiger partial charge in [-0.25, -0.2) is 22.7 Å². The fourth-order valence-electron chi connectivity index (χ4n) is 2.21. The topological polar surface area (TPSA) is 30.9 Å². The summed E-state index contributed by atoms with van der Waals surface area (Å²) in [5, 5.41) is 0. The number of halogens is 5. The second kappa shape index (κ2) is 5.77. The fourth-order valence-corrected chi connectivity index (χ4v) is 2.21. The van der Waals surface area contributed by atoms with Crippen LogP contribution in [-0.4, -0.2) is 22.5 Å². The highest BCUT2D eigenvalue weighted by molar-refractivity contribution is 6.61. The molecule has 0 saturated carbocycles. The molecule has 0 bridgehead atoms. The summed E-state index contributed by atoms with van der Waals surface area (Å²) in [6.07, 6.45) is -3.41. The van der Waals surface area contributed by atoms with Gasteiger partial charge in [0.05, 0.1) is 0 Å². The zero-order valence-electron chi connectivity index (χ0n) is 12.1. The SMILES string of the molecule is F[B-](F)(O[n+]1cccc2ncn(Cc3ccccc3)c21)C(F)(F)F. The average Bonchev–Trinajstić information content (AvgIpc) is 2.91. The molecule has 2 heterocycles. The maximum atomic E-state index is 13.3. The molecule has 3 aromatic rings. The third-order valence-corrected chi connectivity index (χ3v) is 3.34. The van der Waals surface area contributed by atoms with Crippen molar-refractivity contribution in [1.82, 2.24) is 9.55 Å². The van der Waals surface area contributed by atoms with E-state index in [-0.39, 0.29) is 17.7 Å². The molecule has 0 aliphatic heterocycles. The molecule has 0 N–H and O–H groups in total. The number of alkyl halides is 3. The Bertz CT molecular complexity index is 850. The second-order valence-corrected chi connectivity index (χ2v) is 5.14. The summed E-state index contributed by atoms with van der Waals surface area (Å²) in [7, 11) is 0. The Morgan fingerprint density at radius 1 is 1.08 bits per heavy atom. The zero-order valence-corrected chi connectivity index (χ0v) is 12.1. The van der Waals surface area contributed by atoms with Crippen LogP contribution >= 0.6 is 0 Å². The molecule has 0 atom stereocenters. The molecule has 0 unspecified atom stereocenters. The standard InChI is InChI=1S/C14H11BF5N3O/c16-14(17,18)15(19,20)24-23-8-4-7-12-13(23)22(10-21-12)9-11-5-2-1-3-6-11/h1-8,10H,9H2. The van der Waals surface area contributed by atoms with E-state index >= 15 is 0 Å². The first kappa shape index (κ1) is 16.2. The smallest absolute Gasteiger partial charge is 0.478 e. The van der Waals surface area contributed by atoms with Crippen molar-refractivity contribution in [3.05, 3.63) is 60.6 Å². The third-order valence-electron chi connectivity index (χ3n) is 3.34. The van der Waals surface area contributed by atoms with Gasteiger partial charge in [0.25, 0.3) is 0 Å². The molecule has 126 valence electrons. The van der Waals surface area contributed by atoms with Crippen LogP contribution in [0.5, 0.6) is 0 Å². The van der Waals surface area contributed by atoms with Crippen molar-refractivity contribution in [1.29, 1.82) is 0 Å². The summed E-state index contributed by atoms with van der Waals surface area (Å²) in [6.45, 7) is -5.80. The highest BCUT2D eigenvalue weighted by Crippen LogP contribution is 2.29. The van der Waals surface area contributed by atoms with Gasteiger partial charge in [0.15, 0.2) is 11.8 Å². The first-order valence-corrected chi connectivity index (χ1v) is 6.94. The average molecular weight is 343 g/mol. The van der Waals surface area contributed by atoms with Gasteiger partial charge in [0.2, 0.25) is 0 Å². The molecule has 0 fully saturated rings. The van der Waals surface area contributed by atoms with Crippen molar-refractivity contribution < 1.29 is 31.3 Å². The van der Waals surface area contributed by atoms with E-state index in [0.717, 1.165) is 11.8 Å². The van der Waals surface area contributed by atoms with Crippen molar-refractivity contribution in [2.75, 3.05) is 0 Å². The van der Waals surface area contributed by atoms with Gasteiger partial charge in [-0.15, -0.1) is 0 Å². The molecule has 0 spiro atoms. The predicted octanol–water partition coefficient (Wildman–Crippen LogP) is 2.78. The van der Waals surface area contributed by atoms with Crippen LogP contribution < -0.4 is 9.49 Å². The molecular weight excluding hydrogens is 332 g/mol. The highest BCUT2D eigenvalue weighted by atomic mass is 19.4. The van der Waals surface area contributed by atoms with E-state index in [1.807, 2.05) is 6.07 Å². The Morgan fingerprint density at radius 3 is 2.46 bits per heavy atom. The lowest BCUT2D eigenvalue weighted by Gasteiger charge is -2.25. The normalized spacial score (nSPS) is 12.5. The van der Waals surface area contributed by atoms with Crippen LogP contribution in [0.4, 0.5) is 21.8 Å². The number of hydrogen-bond donors (Lipinski definition) is 0. The number of nitrogens with zero attached hydrogens (tertiary/aromatic N) is 3. The van der Waals surface area contributed by atoms with Gasteiger partial charge in [-0.05, 0) is 17.7 Å². The van der Waals surface area contributed by atoms with Crippen LogP contribution in [0, 0.1) is 0 Å². The number of pyridine rings is 1. The molecule has 0 aliphatic rings. The predicted molar refractivity (Wildman–Crippen MR) is 76.1 cm³/mol. The Hall–Kier alpha value is -2.65. The lowest BCUT2D eigenvalue weighted by Crippen LogP contribution is -2.62. The van der Waals surface area contributed by atoms with Crippen LogP contribution in [0.15, 0.2) is 55.0 Å². The number of aromatic nitrogens is 3. The summed E-state index contributed by atoms with van der Waals surface area (Å²) >= 11 is 0. The van der Waals surface area contributed by atoms with Crippen molar-refractivity contribution in [3.63, 3.8) is 0 Å². The Balaban J connectivity index is 2.02. The molecule has 2 aromatic heterocycles. The molecule has 10 heteroatoms. The van der Waals surface area contributed by atoms with Gasteiger partial charge < -0.3 is 13.4 Å². The Kier molecular flexibility index (Phi) is 3.90. The first-order chi connectivity index (χ1) is 11.3. The van der Waals surface area contributed by atoms with Gasteiger partial charge in [-0.3, -0.25) is 0 Å². The molecule has 3 rings (SSSR count). The van der Waals surface area contributed by atoms with Crippen molar-refractivity contribution >= 4 is 18.1 Å². The van der Waals surface area contributed by atoms with E-state index in [4.69, 9.17) is 0 Å². The van der Waals surface area contributed by atoms with E-state index in [9.17, 15) is 21.8 Å². The Labute approximate surface area is 133 Å². The number of fused-ring (bicyclic) bond motifs is 1. The molecular formula is C14H11BF5N3O. The number of benzene rings is 1. The summed E-state index contributed by atoms with van der Waals surface area (Å²) in [5.41, 5.74) is 1.08. The van der Waals surface area contributed by atoms with Crippen LogP contribution in [0.1, 0.15) is 5.56 Å². The number of hydrogen-bond acceptors (Lipinski definition) is 2. The van der Waals surface area contributed by atoms with Crippen LogP contribution in [0.3, 0.4) is 0 Å². The number of imidazole rings is 1. The van der Waals surface area contributed by atoms with Gasteiger partial charge in [-0.2, -0.15) is 0 Å². The van der Waals surface area contributed by atoms with Crippen LogP contribution in [0.25, 0.3) is 11.2 Å². The largest absolute Gasteiger partial charge is 0.641 e. The lowest BCUT2D eigenvalue weighted by molar-refractivity contribution is -0.849. The minimum atomic E-state index is -6.05. The summed E-state index contributed by atoms with van der Waals surface area (Å²) in [4.78, 5) is 4.01.